The zero-order chi connectivity index (χ0) is 16.9. The van der Waals surface area contributed by atoms with Crippen molar-refractivity contribution in [3.05, 3.63) is 35.4 Å². The van der Waals surface area contributed by atoms with Gasteiger partial charge in [-0.3, -0.25) is 4.90 Å². The van der Waals surface area contributed by atoms with Gasteiger partial charge in [-0.1, -0.05) is 12.1 Å². The molecule has 1 atom stereocenters. The van der Waals surface area contributed by atoms with Gasteiger partial charge in [0.05, 0.1) is 18.3 Å². The zero-order valence-electron chi connectivity index (χ0n) is 14.4. The number of carbonyl (C=O) groups excluding carboxylic acids is 1. The Morgan fingerprint density at radius 1 is 1.26 bits per heavy atom. The Morgan fingerprint density at radius 3 is 2.57 bits per heavy atom. The van der Waals surface area contributed by atoms with Crippen LogP contribution in [0.15, 0.2) is 24.3 Å². The molecule has 0 unspecified atom stereocenters. The second-order valence-corrected chi connectivity index (χ2v) is 6.78. The van der Waals surface area contributed by atoms with Crippen LogP contribution in [0.1, 0.15) is 35.2 Å². The van der Waals surface area contributed by atoms with Gasteiger partial charge in [-0.2, -0.15) is 0 Å². The Balaban J connectivity index is 1.92. The van der Waals surface area contributed by atoms with Crippen LogP contribution in [0.25, 0.3) is 0 Å². The summed E-state index contributed by atoms with van der Waals surface area (Å²) in [6.07, 6.45) is 2.65. The highest BCUT2D eigenvalue weighted by Crippen LogP contribution is 2.24. The van der Waals surface area contributed by atoms with Crippen LogP contribution in [0.2, 0.25) is 0 Å². The Labute approximate surface area is 138 Å². The summed E-state index contributed by atoms with van der Waals surface area (Å²) in [6.45, 7) is 3.45. The quantitative estimate of drug-likeness (QED) is 0.838. The van der Waals surface area contributed by atoms with Gasteiger partial charge in [0.2, 0.25) is 0 Å². The van der Waals surface area contributed by atoms with Crippen molar-refractivity contribution in [2.24, 2.45) is 0 Å². The van der Waals surface area contributed by atoms with E-state index in [0.29, 0.717) is 12.1 Å². The molecule has 1 aliphatic rings. The van der Waals surface area contributed by atoms with Gasteiger partial charge in [0.15, 0.2) is 0 Å². The molecule has 1 aromatic rings. The standard InChI is InChI=1S/C18H28N2O3/c1-19(2)14-18(22)9-4-11-20(12-10-18)13-15-5-7-16(8-6-15)17(21)23-3/h5-8,22H,4,9-14H2,1-3H3/t18-/m0/s1. The monoisotopic (exact) mass is 320 g/mol. The van der Waals surface area contributed by atoms with E-state index in [4.69, 9.17) is 4.74 Å². The Morgan fingerprint density at radius 2 is 1.96 bits per heavy atom. The zero-order valence-corrected chi connectivity index (χ0v) is 14.4. The lowest BCUT2D eigenvalue weighted by Gasteiger charge is -2.30. The molecule has 1 N–H and O–H groups in total. The molecular weight excluding hydrogens is 292 g/mol. The third-order valence-electron chi connectivity index (χ3n) is 4.40. The fraction of sp³-hybridized carbons (Fsp3) is 0.611. The molecule has 5 nitrogen and oxygen atoms in total. The summed E-state index contributed by atoms with van der Waals surface area (Å²) >= 11 is 0. The number of methoxy groups -OCH3 is 1. The Bertz CT molecular complexity index is 516. The third kappa shape index (κ3) is 5.30. The van der Waals surface area contributed by atoms with Crippen LogP contribution in [0, 0.1) is 0 Å². The molecule has 0 saturated carbocycles. The molecule has 23 heavy (non-hydrogen) atoms. The van der Waals surface area contributed by atoms with E-state index in [1.165, 1.54) is 12.7 Å². The molecule has 2 rings (SSSR count). The fourth-order valence-electron chi connectivity index (χ4n) is 3.26. The minimum absolute atomic E-state index is 0.305. The molecule has 1 aromatic carbocycles. The van der Waals surface area contributed by atoms with E-state index in [0.717, 1.165) is 38.9 Å². The van der Waals surface area contributed by atoms with Crippen molar-refractivity contribution < 1.29 is 14.6 Å². The molecule has 0 aliphatic carbocycles. The predicted octanol–water partition coefficient (Wildman–Crippen LogP) is 1.75. The maximum Gasteiger partial charge on any atom is 0.337 e. The molecule has 0 radical (unpaired) electrons. The highest BCUT2D eigenvalue weighted by Gasteiger charge is 2.30. The molecule has 128 valence electrons. The van der Waals surface area contributed by atoms with Gasteiger partial charge in [0.25, 0.3) is 0 Å². The van der Waals surface area contributed by atoms with Gasteiger partial charge in [-0.05, 0) is 57.6 Å². The van der Waals surface area contributed by atoms with Crippen molar-refractivity contribution >= 4 is 5.97 Å². The van der Waals surface area contributed by atoms with Gasteiger partial charge >= 0.3 is 5.97 Å². The largest absolute Gasteiger partial charge is 0.465 e. The van der Waals surface area contributed by atoms with Crippen molar-refractivity contribution in [1.29, 1.82) is 0 Å². The smallest absolute Gasteiger partial charge is 0.337 e. The average Bonchev–Trinajstić information content (AvgIpc) is 2.68. The summed E-state index contributed by atoms with van der Waals surface area (Å²) < 4.78 is 4.72. The molecule has 1 saturated heterocycles. The highest BCUT2D eigenvalue weighted by molar-refractivity contribution is 5.89. The van der Waals surface area contributed by atoms with Crippen LogP contribution in [0.5, 0.6) is 0 Å². The van der Waals surface area contributed by atoms with Gasteiger partial charge in [0.1, 0.15) is 0 Å². The van der Waals surface area contributed by atoms with E-state index < -0.39 is 5.60 Å². The van der Waals surface area contributed by atoms with Crippen molar-refractivity contribution in [1.82, 2.24) is 9.80 Å². The number of nitrogens with zero attached hydrogens (tertiary/aromatic N) is 2. The number of esters is 1. The lowest BCUT2D eigenvalue weighted by atomic mass is 9.94. The van der Waals surface area contributed by atoms with E-state index in [1.807, 2.05) is 26.2 Å². The van der Waals surface area contributed by atoms with E-state index in [9.17, 15) is 9.90 Å². The SMILES string of the molecule is COC(=O)c1ccc(CN2CCC[C@@](O)(CN(C)C)CC2)cc1. The van der Waals surface area contributed by atoms with Crippen molar-refractivity contribution in [2.75, 3.05) is 40.8 Å². The number of benzene rings is 1. The van der Waals surface area contributed by atoms with Crippen LogP contribution in [0.3, 0.4) is 0 Å². The number of aliphatic hydroxyl groups is 1. The molecule has 1 heterocycles. The van der Waals surface area contributed by atoms with Crippen LogP contribution in [-0.4, -0.2) is 67.3 Å². The van der Waals surface area contributed by atoms with Crippen molar-refractivity contribution in [2.45, 2.75) is 31.4 Å². The van der Waals surface area contributed by atoms with Gasteiger partial charge in [-0.15, -0.1) is 0 Å². The van der Waals surface area contributed by atoms with E-state index in [-0.39, 0.29) is 5.97 Å². The van der Waals surface area contributed by atoms with E-state index in [1.54, 1.807) is 12.1 Å². The van der Waals surface area contributed by atoms with Gasteiger partial charge in [0, 0.05) is 19.6 Å². The molecule has 0 spiro atoms. The molecule has 0 amide bonds. The summed E-state index contributed by atoms with van der Waals surface area (Å²) in [4.78, 5) is 15.9. The van der Waals surface area contributed by atoms with Crippen LogP contribution in [-0.2, 0) is 11.3 Å². The first-order valence-electron chi connectivity index (χ1n) is 8.19. The second kappa shape index (κ2) is 7.90. The number of likely N-dealkylation sites (tertiary alicyclic amines) is 1. The number of likely N-dealkylation sites (N-methyl/N-ethyl adjacent to an activating group) is 1. The highest BCUT2D eigenvalue weighted by atomic mass is 16.5. The normalized spacial score (nSPS) is 22.8. The number of ether oxygens (including phenoxy) is 1. The fourth-order valence-corrected chi connectivity index (χ4v) is 3.26. The van der Waals surface area contributed by atoms with Gasteiger partial charge in [-0.25, -0.2) is 4.79 Å². The van der Waals surface area contributed by atoms with E-state index in [2.05, 4.69) is 9.80 Å². The first-order valence-corrected chi connectivity index (χ1v) is 8.19. The summed E-state index contributed by atoms with van der Waals surface area (Å²) in [5.74, 6) is -0.305. The number of carbonyl (C=O) groups is 1. The first kappa shape index (κ1) is 17.9. The third-order valence-corrected chi connectivity index (χ3v) is 4.40. The number of hydrogen-bond acceptors (Lipinski definition) is 5. The topological polar surface area (TPSA) is 53.0 Å². The minimum Gasteiger partial charge on any atom is -0.465 e. The van der Waals surface area contributed by atoms with E-state index >= 15 is 0 Å². The Kier molecular flexibility index (Phi) is 6.16. The van der Waals surface area contributed by atoms with Crippen LogP contribution in [0.4, 0.5) is 0 Å². The molecule has 1 fully saturated rings. The summed E-state index contributed by atoms with van der Waals surface area (Å²) in [6, 6.07) is 7.56. The summed E-state index contributed by atoms with van der Waals surface area (Å²) in [5.41, 5.74) is 1.18. The molecule has 5 heteroatoms. The summed E-state index contributed by atoms with van der Waals surface area (Å²) in [5, 5.41) is 10.7. The lowest BCUT2D eigenvalue weighted by Crippen LogP contribution is -2.40. The average molecular weight is 320 g/mol. The molecule has 0 aromatic heterocycles. The van der Waals surface area contributed by atoms with Crippen LogP contribution >= 0.6 is 0 Å². The predicted molar refractivity (Wildman–Crippen MR) is 90.4 cm³/mol. The molecular formula is C18H28N2O3. The van der Waals surface area contributed by atoms with Crippen LogP contribution < -0.4 is 0 Å². The Hall–Kier alpha value is -1.43. The number of rotatable bonds is 5. The maximum absolute atomic E-state index is 11.5. The maximum atomic E-state index is 11.5. The van der Waals surface area contributed by atoms with Crippen molar-refractivity contribution in [3.63, 3.8) is 0 Å². The number of hydrogen-bond donors (Lipinski definition) is 1. The first-order chi connectivity index (χ1) is 10.9. The van der Waals surface area contributed by atoms with Gasteiger partial charge < -0.3 is 14.7 Å². The van der Waals surface area contributed by atoms with Crippen molar-refractivity contribution in [3.8, 4) is 0 Å². The summed E-state index contributed by atoms with van der Waals surface area (Å²) in [7, 11) is 5.40. The lowest BCUT2D eigenvalue weighted by molar-refractivity contribution is 0.00257. The molecule has 0 bridgehead atoms. The molecule has 1 aliphatic heterocycles. The minimum atomic E-state index is -0.576. The second-order valence-electron chi connectivity index (χ2n) is 6.78.